The Kier molecular flexibility index (Phi) is 14.8. The number of imide groups is 2. The van der Waals surface area contributed by atoms with Gasteiger partial charge in [0, 0.05) is 32.2 Å². The summed E-state index contributed by atoms with van der Waals surface area (Å²) in [6, 6.07) is 3.89. The lowest BCUT2D eigenvalue weighted by Gasteiger charge is -2.27. The van der Waals surface area contributed by atoms with E-state index in [4.69, 9.17) is 28.4 Å². The van der Waals surface area contributed by atoms with Crippen LogP contribution in [0.25, 0.3) is 0 Å². The number of ether oxygens (including phenoxy) is 6. The fourth-order valence-corrected chi connectivity index (χ4v) is 4.53. The number of fused-ring (bicyclic) bond motifs is 1. The molecule has 1 atom stereocenters. The maximum absolute atomic E-state index is 13.1. The quantitative estimate of drug-likeness (QED) is 0.154. The average molecular weight is 651 g/mol. The minimum absolute atomic E-state index is 0.0649. The first-order valence-electron chi connectivity index (χ1n) is 15.4. The Labute approximate surface area is 269 Å². The van der Waals surface area contributed by atoms with E-state index in [1.807, 2.05) is 20.8 Å². The van der Waals surface area contributed by atoms with Gasteiger partial charge in [-0.2, -0.15) is 0 Å². The van der Waals surface area contributed by atoms with Gasteiger partial charge in [-0.25, -0.2) is 4.79 Å². The Morgan fingerprint density at radius 1 is 0.870 bits per heavy atom. The third-order valence-electron chi connectivity index (χ3n) is 6.79. The highest BCUT2D eigenvalue weighted by molar-refractivity contribution is 6.25. The molecule has 5 amide bonds. The average Bonchev–Trinajstić information content (AvgIpc) is 3.25. The molecule has 0 radical (unpaired) electrons. The van der Waals surface area contributed by atoms with Gasteiger partial charge in [0.1, 0.15) is 11.6 Å². The van der Waals surface area contributed by atoms with Crippen molar-refractivity contribution in [2.45, 2.75) is 45.3 Å². The normalized spacial score (nSPS) is 16.4. The number of nitrogens with one attached hydrogen (secondary N) is 2. The Hall–Kier alpha value is -3.63. The zero-order chi connectivity index (χ0) is 33.5. The number of rotatable bonds is 20. The number of carbonyl (C=O) groups is 5. The fraction of sp³-hybridized carbons (Fsp3) is 0.645. The summed E-state index contributed by atoms with van der Waals surface area (Å²) < 4.78 is 32.7. The molecule has 0 aliphatic carbocycles. The van der Waals surface area contributed by atoms with E-state index in [0.717, 1.165) is 4.90 Å². The predicted octanol–water partition coefficient (Wildman–Crippen LogP) is 1.45. The Morgan fingerprint density at radius 2 is 1.43 bits per heavy atom. The summed E-state index contributed by atoms with van der Waals surface area (Å²) in [5, 5.41) is 5.32. The molecule has 0 aromatic heterocycles. The van der Waals surface area contributed by atoms with Crippen LogP contribution in [0.15, 0.2) is 18.2 Å². The van der Waals surface area contributed by atoms with Crippen LogP contribution in [0, 0.1) is 0 Å². The molecule has 46 heavy (non-hydrogen) atoms. The van der Waals surface area contributed by atoms with Crippen molar-refractivity contribution in [3.05, 3.63) is 29.3 Å². The first-order chi connectivity index (χ1) is 22.0. The Bertz CT molecular complexity index is 1200. The van der Waals surface area contributed by atoms with Gasteiger partial charge in [0.15, 0.2) is 0 Å². The molecule has 2 aliphatic heterocycles. The van der Waals surface area contributed by atoms with Crippen LogP contribution in [0.3, 0.4) is 0 Å². The lowest BCUT2D eigenvalue weighted by atomic mass is 10.0. The first kappa shape index (κ1) is 36.8. The van der Waals surface area contributed by atoms with Crippen LogP contribution in [0.5, 0.6) is 0 Å². The zero-order valence-corrected chi connectivity index (χ0v) is 27.1. The minimum atomic E-state index is -1.01. The molecule has 3 rings (SSSR count). The number of anilines is 1. The third kappa shape index (κ3) is 11.6. The molecule has 1 aromatic rings. The van der Waals surface area contributed by atoms with E-state index in [2.05, 4.69) is 10.6 Å². The SMILES string of the molecule is CN(CCOCCOCCOCCOCCOCCNc1cccc2c1C(=O)N(C1CCC(=O)NC1=O)C2=O)C(=O)OC(C)(C)C. The first-order valence-corrected chi connectivity index (χ1v) is 15.4. The molecule has 2 heterocycles. The minimum Gasteiger partial charge on any atom is -0.444 e. The van der Waals surface area contributed by atoms with Crippen LogP contribution in [0.1, 0.15) is 54.3 Å². The number of likely N-dealkylation sites (N-methyl/N-ethyl adjacent to an activating group) is 1. The molecular weight excluding hydrogens is 604 g/mol. The van der Waals surface area contributed by atoms with Crippen molar-refractivity contribution in [2.75, 3.05) is 91.5 Å². The van der Waals surface area contributed by atoms with Crippen LogP contribution in [-0.2, 0) is 38.0 Å². The second-order valence-electron chi connectivity index (χ2n) is 11.6. The smallest absolute Gasteiger partial charge is 0.410 e. The summed E-state index contributed by atoms with van der Waals surface area (Å²) in [6.07, 6.45) is -0.218. The van der Waals surface area contributed by atoms with E-state index >= 15 is 0 Å². The van der Waals surface area contributed by atoms with Crippen molar-refractivity contribution in [1.82, 2.24) is 15.1 Å². The van der Waals surface area contributed by atoms with E-state index in [0.29, 0.717) is 84.8 Å². The second kappa shape index (κ2) is 18.5. The monoisotopic (exact) mass is 650 g/mol. The maximum atomic E-state index is 13.1. The number of benzene rings is 1. The molecular formula is C31H46N4O11. The third-order valence-corrected chi connectivity index (χ3v) is 6.79. The van der Waals surface area contributed by atoms with Gasteiger partial charge < -0.3 is 38.6 Å². The summed E-state index contributed by atoms with van der Waals surface area (Å²) in [5.74, 6) is -2.18. The predicted molar refractivity (Wildman–Crippen MR) is 165 cm³/mol. The fourth-order valence-electron chi connectivity index (χ4n) is 4.53. The molecule has 0 saturated carbocycles. The van der Waals surface area contributed by atoms with Crippen LogP contribution < -0.4 is 10.6 Å². The summed E-state index contributed by atoms with van der Waals surface area (Å²) in [5.41, 5.74) is 0.368. The van der Waals surface area contributed by atoms with Gasteiger partial charge in [-0.15, -0.1) is 0 Å². The number of carbonyl (C=O) groups excluding carboxylic acids is 5. The summed E-state index contributed by atoms with van der Waals surface area (Å²) in [7, 11) is 1.66. The van der Waals surface area contributed by atoms with Gasteiger partial charge >= 0.3 is 6.09 Å². The van der Waals surface area contributed by atoms with Crippen LogP contribution in [0.2, 0.25) is 0 Å². The van der Waals surface area contributed by atoms with Crippen molar-refractivity contribution >= 4 is 35.4 Å². The van der Waals surface area contributed by atoms with Crippen molar-refractivity contribution in [3.63, 3.8) is 0 Å². The van der Waals surface area contributed by atoms with Crippen molar-refractivity contribution in [1.29, 1.82) is 0 Å². The highest BCUT2D eigenvalue weighted by atomic mass is 16.6. The van der Waals surface area contributed by atoms with Crippen LogP contribution >= 0.6 is 0 Å². The molecule has 1 saturated heterocycles. The standard InChI is InChI=1S/C31H46N4O11/c1-31(2,3)46-30(40)34(4)11-13-42-15-17-44-19-21-45-20-18-43-16-14-41-12-10-32-23-7-5-6-22-26(23)29(39)35(28(22)38)24-8-9-25(36)33-27(24)37/h5-7,24,32H,8-21H2,1-4H3,(H,33,36,37). The summed E-state index contributed by atoms with van der Waals surface area (Å²) in [6.45, 7) is 10.3. The lowest BCUT2D eigenvalue weighted by molar-refractivity contribution is -0.136. The zero-order valence-electron chi connectivity index (χ0n) is 27.1. The number of hydrogen-bond donors (Lipinski definition) is 2. The van der Waals surface area contributed by atoms with E-state index in [1.165, 1.54) is 4.90 Å². The van der Waals surface area contributed by atoms with Gasteiger partial charge in [0.25, 0.3) is 11.8 Å². The van der Waals surface area contributed by atoms with Gasteiger partial charge in [0.05, 0.1) is 77.2 Å². The molecule has 15 heteroatoms. The molecule has 1 aromatic carbocycles. The molecule has 2 N–H and O–H groups in total. The van der Waals surface area contributed by atoms with Gasteiger partial charge in [-0.1, -0.05) is 6.07 Å². The van der Waals surface area contributed by atoms with Crippen molar-refractivity contribution < 1.29 is 52.4 Å². The van der Waals surface area contributed by atoms with Gasteiger partial charge in [-0.05, 0) is 39.3 Å². The molecule has 1 fully saturated rings. The van der Waals surface area contributed by atoms with E-state index < -0.39 is 35.3 Å². The highest BCUT2D eigenvalue weighted by Crippen LogP contribution is 2.32. The van der Waals surface area contributed by atoms with E-state index in [1.54, 1.807) is 25.2 Å². The summed E-state index contributed by atoms with van der Waals surface area (Å²) in [4.78, 5) is 64.1. The Balaban J connectivity index is 1.15. The molecule has 256 valence electrons. The summed E-state index contributed by atoms with van der Waals surface area (Å²) >= 11 is 0. The van der Waals surface area contributed by atoms with Crippen LogP contribution in [0.4, 0.5) is 10.5 Å². The van der Waals surface area contributed by atoms with E-state index in [-0.39, 0.29) is 30.1 Å². The van der Waals surface area contributed by atoms with Gasteiger partial charge in [0.2, 0.25) is 11.8 Å². The molecule has 1 unspecified atom stereocenters. The Morgan fingerprint density at radius 3 is 2.00 bits per heavy atom. The number of hydrogen-bond acceptors (Lipinski definition) is 12. The number of nitrogens with zero attached hydrogens (tertiary/aromatic N) is 2. The molecule has 15 nitrogen and oxygen atoms in total. The largest absolute Gasteiger partial charge is 0.444 e. The van der Waals surface area contributed by atoms with Crippen molar-refractivity contribution in [2.24, 2.45) is 0 Å². The lowest BCUT2D eigenvalue weighted by Crippen LogP contribution is -2.54. The van der Waals surface area contributed by atoms with E-state index in [9.17, 15) is 24.0 Å². The molecule has 0 bridgehead atoms. The van der Waals surface area contributed by atoms with Gasteiger partial charge in [-0.3, -0.25) is 29.4 Å². The number of piperidine rings is 1. The van der Waals surface area contributed by atoms with Crippen LogP contribution in [-0.4, -0.2) is 137 Å². The molecule has 2 aliphatic rings. The number of amides is 5. The highest BCUT2D eigenvalue weighted by Gasteiger charge is 2.45. The molecule has 0 spiro atoms. The topological polar surface area (TPSA) is 171 Å². The second-order valence-corrected chi connectivity index (χ2v) is 11.6. The maximum Gasteiger partial charge on any atom is 0.410 e. The van der Waals surface area contributed by atoms with Crippen molar-refractivity contribution in [3.8, 4) is 0 Å².